The van der Waals surface area contributed by atoms with Crippen molar-refractivity contribution in [1.82, 2.24) is 4.90 Å². The molecule has 1 saturated carbocycles. The summed E-state index contributed by atoms with van der Waals surface area (Å²) < 4.78 is 11.6. The van der Waals surface area contributed by atoms with Crippen LogP contribution in [0, 0.1) is 0 Å². The van der Waals surface area contributed by atoms with Crippen LogP contribution in [0.15, 0.2) is 12.1 Å². The van der Waals surface area contributed by atoms with Crippen molar-refractivity contribution in [2.45, 2.75) is 57.4 Å². The van der Waals surface area contributed by atoms with E-state index >= 15 is 0 Å². The molecule has 124 valence electrons. The van der Waals surface area contributed by atoms with Crippen molar-refractivity contribution in [2.24, 2.45) is 0 Å². The maximum absolute atomic E-state index is 12.5. The molecule has 23 heavy (non-hydrogen) atoms. The zero-order chi connectivity index (χ0) is 16.0. The Labute approximate surface area is 137 Å². The van der Waals surface area contributed by atoms with E-state index in [1.54, 1.807) is 0 Å². The van der Waals surface area contributed by atoms with Crippen LogP contribution in [0.1, 0.15) is 63.1 Å². The number of carbonyl (C=O) groups is 1. The minimum atomic E-state index is 0.111. The average Bonchev–Trinajstić information content (AvgIpc) is 3.06. The Balaban J connectivity index is 1.85. The molecule has 1 spiro atoms. The van der Waals surface area contributed by atoms with Crippen molar-refractivity contribution in [3.05, 3.63) is 23.3 Å². The summed E-state index contributed by atoms with van der Waals surface area (Å²) in [5.74, 6) is 1.97. The fourth-order valence-electron chi connectivity index (χ4n) is 4.61. The Kier molecular flexibility index (Phi) is 3.51. The van der Waals surface area contributed by atoms with E-state index in [-0.39, 0.29) is 17.4 Å². The first-order valence-electron chi connectivity index (χ1n) is 8.88. The van der Waals surface area contributed by atoms with Crippen LogP contribution in [0.2, 0.25) is 0 Å². The predicted octanol–water partition coefficient (Wildman–Crippen LogP) is 3.58. The van der Waals surface area contributed by atoms with Gasteiger partial charge in [-0.05, 0) is 43.0 Å². The van der Waals surface area contributed by atoms with Gasteiger partial charge in [0.15, 0.2) is 11.5 Å². The fourth-order valence-corrected chi connectivity index (χ4v) is 4.61. The van der Waals surface area contributed by atoms with Crippen molar-refractivity contribution < 1.29 is 14.3 Å². The summed E-state index contributed by atoms with van der Waals surface area (Å²) in [7, 11) is 0. The van der Waals surface area contributed by atoms with Gasteiger partial charge in [0.25, 0.3) is 0 Å². The summed E-state index contributed by atoms with van der Waals surface area (Å²) in [6, 6.07) is 4.45. The second kappa shape index (κ2) is 5.43. The van der Waals surface area contributed by atoms with Crippen LogP contribution in [-0.2, 0) is 10.2 Å². The monoisotopic (exact) mass is 315 g/mol. The van der Waals surface area contributed by atoms with Crippen molar-refractivity contribution in [2.75, 3.05) is 19.8 Å². The lowest BCUT2D eigenvalue weighted by Crippen LogP contribution is -2.48. The molecule has 0 bridgehead atoms. The van der Waals surface area contributed by atoms with E-state index < -0.39 is 0 Å². The number of carbonyl (C=O) groups excluding carboxylic acids is 1. The van der Waals surface area contributed by atoms with Gasteiger partial charge < -0.3 is 14.4 Å². The van der Waals surface area contributed by atoms with Crippen molar-refractivity contribution in [3.8, 4) is 11.5 Å². The lowest BCUT2D eigenvalue weighted by atomic mass is 9.71. The van der Waals surface area contributed by atoms with Crippen LogP contribution in [0.4, 0.5) is 0 Å². The highest BCUT2D eigenvalue weighted by Gasteiger charge is 2.46. The molecule has 0 saturated heterocycles. The highest BCUT2D eigenvalue weighted by molar-refractivity contribution is 5.77. The number of benzene rings is 1. The second-order valence-corrected chi connectivity index (χ2v) is 7.12. The average molecular weight is 315 g/mol. The lowest BCUT2D eigenvalue weighted by Gasteiger charge is -2.46. The Hall–Kier alpha value is -1.71. The van der Waals surface area contributed by atoms with Gasteiger partial charge in [-0.15, -0.1) is 0 Å². The molecule has 1 aliphatic carbocycles. The third-order valence-electron chi connectivity index (χ3n) is 5.86. The SMILES string of the molecule is CCC(=O)N1CC2(CCCC2)c2cc3c(cc2C1C)OCCO3. The van der Waals surface area contributed by atoms with Crippen molar-refractivity contribution >= 4 is 5.91 Å². The van der Waals surface area contributed by atoms with Crippen LogP contribution in [0.3, 0.4) is 0 Å². The molecule has 2 aliphatic heterocycles. The first-order chi connectivity index (χ1) is 11.1. The van der Waals surface area contributed by atoms with E-state index in [1.165, 1.54) is 36.8 Å². The molecular weight excluding hydrogens is 290 g/mol. The Morgan fingerprint density at radius 1 is 1.22 bits per heavy atom. The van der Waals surface area contributed by atoms with Crippen LogP contribution in [0.5, 0.6) is 11.5 Å². The maximum Gasteiger partial charge on any atom is 0.222 e. The smallest absolute Gasteiger partial charge is 0.222 e. The topological polar surface area (TPSA) is 38.8 Å². The van der Waals surface area contributed by atoms with Crippen molar-refractivity contribution in [1.29, 1.82) is 0 Å². The summed E-state index contributed by atoms with van der Waals surface area (Å²) in [4.78, 5) is 14.6. The molecule has 4 rings (SSSR count). The Morgan fingerprint density at radius 3 is 2.52 bits per heavy atom. The number of hydrogen-bond donors (Lipinski definition) is 0. The third kappa shape index (κ3) is 2.22. The predicted molar refractivity (Wildman–Crippen MR) is 88.0 cm³/mol. The minimum absolute atomic E-state index is 0.111. The minimum Gasteiger partial charge on any atom is -0.486 e. The third-order valence-corrected chi connectivity index (χ3v) is 5.86. The molecule has 3 aliphatic rings. The van der Waals surface area contributed by atoms with Crippen LogP contribution in [0.25, 0.3) is 0 Å². The van der Waals surface area contributed by atoms with Gasteiger partial charge in [-0.3, -0.25) is 4.79 Å². The standard InChI is InChI=1S/C19H25NO3/c1-3-18(21)20-12-19(6-4-5-7-19)15-11-17-16(22-8-9-23-17)10-14(15)13(20)2/h10-11,13H,3-9,12H2,1-2H3. The number of rotatable bonds is 1. The van der Waals surface area contributed by atoms with Gasteiger partial charge >= 0.3 is 0 Å². The second-order valence-electron chi connectivity index (χ2n) is 7.12. The summed E-state index contributed by atoms with van der Waals surface area (Å²) in [6.45, 7) is 6.17. The molecule has 2 heterocycles. The zero-order valence-corrected chi connectivity index (χ0v) is 14.1. The number of nitrogens with zero attached hydrogens (tertiary/aromatic N) is 1. The highest BCUT2D eigenvalue weighted by atomic mass is 16.6. The highest BCUT2D eigenvalue weighted by Crippen LogP contribution is 2.51. The van der Waals surface area contributed by atoms with Gasteiger partial charge in [-0.1, -0.05) is 19.8 Å². The van der Waals surface area contributed by atoms with E-state index in [9.17, 15) is 4.79 Å². The molecule has 1 unspecified atom stereocenters. The van der Waals surface area contributed by atoms with Crippen LogP contribution in [-0.4, -0.2) is 30.6 Å². The van der Waals surface area contributed by atoms with E-state index in [0.29, 0.717) is 19.6 Å². The van der Waals surface area contributed by atoms with E-state index in [2.05, 4.69) is 24.0 Å². The molecule has 0 aromatic heterocycles. The summed E-state index contributed by atoms with van der Waals surface area (Å²) in [5.41, 5.74) is 2.76. The van der Waals surface area contributed by atoms with E-state index in [1.807, 2.05) is 6.92 Å². The normalized spacial score (nSPS) is 24.6. The van der Waals surface area contributed by atoms with E-state index in [4.69, 9.17) is 9.47 Å². The van der Waals surface area contributed by atoms with Crippen molar-refractivity contribution in [3.63, 3.8) is 0 Å². The molecule has 1 amide bonds. The van der Waals surface area contributed by atoms with Gasteiger partial charge in [0.1, 0.15) is 13.2 Å². The molecule has 0 radical (unpaired) electrons. The number of amides is 1. The van der Waals surface area contributed by atoms with Crippen LogP contribution >= 0.6 is 0 Å². The molecule has 0 N–H and O–H groups in total. The quantitative estimate of drug-likeness (QED) is 0.795. The number of fused-ring (bicyclic) bond motifs is 3. The summed E-state index contributed by atoms with van der Waals surface area (Å²) in [5, 5.41) is 0. The molecular formula is C19H25NO3. The molecule has 4 heteroatoms. The lowest BCUT2D eigenvalue weighted by molar-refractivity contribution is -0.134. The molecule has 4 nitrogen and oxygen atoms in total. The maximum atomic E-state index is 12.5. The van der Waals surface area contributed by atoms with Gasteiger partial charge in [-0.2, -0.15) is 0 Å². The summed E-state index contributed by atoms with van der Waals surface area (Å²) in [6.07, 6.45) is 5.40. The molecule has 1 atom stereocenters. The van der Waals surface area contributed by atoms with Gasteiger partial charge in [-0.25, -0.2) is 0 Å². The largest absolute Gasteiger partial charge is 0.486 e. The first-order valence-corrected chi connectivity index (χ1v) is 8.88. The van der Waals surface area contributed by atoms with Gasteiger partial charge in [0.2, 0.25) is 5.91 Å². The molecule has 1 aromatic rings. The van der Waals surface area contributed by atoms with Crippen LogP contribution < -0.4 is 9.47 Å². The zero-order valence-electron chi connectivity index (χ0n) is 14.1. The number of ether oxygens (including phenoxy) is 2. The fraction of sp³-hybridized carbons (Fsp3) is 0.632. The van der Waals surface area contributed by atoms with Gasteiger partial charge in [0.05, 0.1) is 6.04 Å². The first kappa shape index (κ1) is 14.9. The van der Waals surface area contributed by atoms with E-state index in [0.717, 1.165) is 18.0 Å². The molecule has 1 aromatic carbocycles. The Morgan fingerprint density at radius 2 is 1.87 bits per heavy atom. The summed E-state index contributed by atoms with van der Waals surface area (Å²) >= 11 is 0. The number of hydrogen-bond acceptors (Lipinski definition) is 3. The van der Waals surface area contributed by atoms with Gasteiger partial charge in [0, 0.05) is 18.4 Å². The Bertz CT molecular complexity index is 634. The molecule has 1 fully saturated rings.